The van der Waals surface area contributed by atoms with Gasteiger partial charge in [-0.15, -0.1) is 0 Å². The molecule has 2 spiro atoms. The average Bonchev–Trinajstić information content (AvgIpc) is 3.43. The lowest BCUT2D eigenvalue weighted by Gasteiger charge is -2.60. The van der Waals surface area contributed by atoms with E-state index in [4.69, 9.17) is 23.7 Å². The highest BCUT2D eigenvalue weighted by Crippen LogP contribution is 2.75. The van der Waals surface area contributed by atoms with Gasteiger partial charge >= 0.3 is 11.9 Å². The molecular formula is C28H32O10. The van der Waals surface area contributed by atoms with Gasteiger partial charge in [0.1, 0.15) is 11.7 Å². The van der Waals surface area contributed by atoms with E-state index in [2.05, 4.69) is 0 Å². The summed E-state index contributed by atoms with van der Waals surface area (Å²) in [4.78, 5) is 55.0. The first kappa shape index (κ1) is 23.7. The SMILES string of the molecule is COC12OC34C(C1=O)C1(C)CC(=O)OC(C1)C3(C)OC(=O)C4(O)CCC1C2CC2OC23CC=CC(=O)C13C. The molecule has 12 unspecified atom stereocenters. The maximum atomic E-state index is 14.9. The molecule has 5 saturated heterocycles. The molecule has 10 heteroatoms. The third-order valence-electron chi connectivity index (χ3n) is 12.3. The molecule has 0 aromatic rings. The fourth-order valence-electron chi connectivity index (χ4n) is 10.5. The third-order valence-corrected chi connectivity index (χ3v) is 12.3. The van der Waals surface area contributed by atoms with Gasteiger partial charge in [-0.1, -0.05) is 13.0 Å². The zero-order valence-corrected chi connectivity index (χ0v) is 21.9. The van der Waals surface area contributed by atoms with Gasteiger partial charge in [0.15, 0.2) is 28.4 Å². The molecule has 8 rings (SSSR count). The van der Waals surface area contributed by atoms with Gasteiger partial charge in [-0.25, -0.2) is 4.79 Å². The quantitative estimate of drug-likeness (QED) is 0.390. The summed E-state index contributed by atoms with van der Waals surface area (Å²) in [5.41, 5.74) is -8.29. The molecule has 5 heterocycles. The van der Waals surface area contributed by atoms with Crippen LogP contribution in [-0.2, 0) is 42.9 Å². The Morgan fingerprint density at radius 2 is 1.84 bits per heavy atom. The van der Waals surface area contributed by atoms with Crippen molar-refractivity contribution in [3.63, 3.8) is 0 Å². The number of ether oxygens (including phenoxy) is 5. The lowest BCUT2D eigenvalue weighted by Crippen LogP contribution is -2.77. The van der Waals surface area contributed by atoms with Crippen molar-refractivity contribution in [1.29, 1.82) is 0 Å². The molecule has 3 aliphatic carbocycles. The highest BCUT2D eigenvalue weighted by atomic mass is 16.7. The summed E-state index contributed by atoms with van der Waals surface area (Å²) in [7, 11) is 1.40. The molecule has 0 amide bonds. The first-order chi connectivity index (χ1) is 17.8. The lowest BCUT2D eigenvalue weighted by atomic mass is 9.48. The number of epoxide rings is 1. The standard InChI is InChI=1S/C28H32O10/c1-22-11-17(35-18(30)12-22)24(3)28-19(22)20(31)27(34-4,38-28)14-10-16-26(36-16)8-5-6-15(29)23(26,2)13(14)7-9-25(28,33)21(32)37-24/h5-6,13-14,16-17,19,33H,7-12H2,1-4H3. The Kier molecular flexibility index (Phi) is 3.91. The van der Waals surface area contributed by atoms with Crippen LogP contribution in [0.3, 0.4) is 0 Å². The van der Waals surface area contributed by atoms with Crippen LogP contribution in [0.15, 0.2) is 12.2 Å². The van der Waals surface area contributed by atoms with Crippen molar-refractivity contribution in [1.82, 2.24) is 0 Å². The van der Waals surface area contributed by atoms with Crippen molar-refractivity contribution in [2.75, 3.05) is 7.11 Å². The summed E-state index contributed by atoms with van der Waals surface area (Å²) in [6.45, 7) is 5.30. The molecule has 0 radical (unpaired) electrons. The van der Waals surface area contributed by atoms with Gasteiger partial charge < -0.3 is 28.8 Å². The zero-order chi connectivity index (χ0) is 26.9. The molecule has 38 heavy (non-hydrogen) atoms. The third kappa shape index (κ3) is 2.01. The van der Waals surface area contributed by atoms with Gasteiger partial charge in [-0.3, -0.25) is 14.4 Å². The molecule has 1 N–H and O–H groups in total. The van der Waals surface area contributed by atoms with Gasteiger partial charge in [0.25, 0.3) is 0 Å². The summed E-state index contributed by atoms with van der Waals surface area (Å²) in [5, 5.41) is 12.4. The smallest absolute Gasteiger partial charge is 0.342 e. The van der Waals surface area contributed by atoms with Gasteiger partial charge in [0.2, 0.25) is 5.79 Å². The second-order valence-corrected chi connectivity index (χ2v) is 13.5. The van der Waals surface area contributed by atoms with Gasteiger partial charge in [-0.2, -0.15) is 0 Å². The number of esters is 2. The van der Waals surface area contributed by atoms with Crippen LogP contribution in [0.5, 0.6) is 0 Å². The first-order valence-corrected chi connectivity index (χ1v) is 13.6. The zero-order valence-electron chi connectivity index (χ0n) is 21.9. The molecule has 10 nitrogen and oxygen atoms in total. The summed E-state index contributed by atoms with van der Waals surface area (Å²) in [5.74, 6) is -5.89. The van der Waals surface area contributed by atoms with Crippen LogP contribution in [0.1, 0.15) is 59.3 Å². The number of hydrogen-bond acceptors (Lipinski definition) is 10. The summed E-state index contributed by atoms with van der Waals surface area (Å²) < 4.78 is 31.0. The van der Waals surface area contributed by atoms with Gasteiger partial charge in [-0.05, 0) is 63.4 Å². The number of methoxy groups -OCH3 is 1. The van der Waals surface area contributed by atoms with Crippen molar-refractivity contribution < 1.29 is 48.0 Å². The molecule has 0 aromatic heterocycles. The molecule has 2 saturated carbocycles. The second-order valence-electron chi connectivity index (χ2n) is 13.5. The van der Waals surface area contributed by atoms with E-state index >= 15 is 0 Å². The van der Waals surface area contributed by atoms with E-state index in [9.17, 15) is 24.3 Å². The molecule has 7 fully saturated rings. The van der Waals surface area contributed by atoms with Crippen molar-refractivity contribution >= 4 is 23.5 Å². The number of Topliss-reactive ketones (excluding diaryl/α,β-unsaturated/α-hetero) is 1. The van der Waals surface area contributed by atoms with E-state index < -0.39 is 80.6 Å². The van der Waals surface area contributed by atoms with Crippen molar-refractivity contribution in [2.45, 2.75) is 99.7 Å². The second kappa shape index (κ2) is 6.27. The number of carbonyl (C=O) groups excluding carboxylic acids is 4. The first-order valence-electron chi connectivity index (χ1n) is 13.6. The van der Waals surface area contributed by atoms with Crippen molar-refractivity contribution in [3.05, 3.63) is 12.2 Å². The Morgan fingerprint density at radius 3 is 2.58 bits per heavy atom. The van der Waals surface area contributed by atoms with E-state index in [0.29, 0.717) is 12.8 Å². The topological polar surface area (TPSA) is 138 Å². The van der Waals surface area contributed by atoms with Crippen LogP contribution in [0.25, 0.3) is 0 Å². The van der Waals surface area contributed by atoms with Crippen molar-refractivity contribution in [2.24, 2.45) is 28.6 Å². The van der Waals surface area contributed by atoms with E-state index in [1.165, 1.54) is 7.11 Å². The van der Waals surface area contributed by atoms with Crippen LogP contribution >= 0.6 is 0 Å². The largest absolute Gasteiger partial charge is 0.458 e. The normalized spacial score (nSPS) is 61.0. The number of hydrogen-bond donors (Lipinski definition) is 1. The molecular weight excluding hydrogens is 496 g/mol. The van der Waals surface area contributed by atoms with Crippen molar-refractivity contribution in [3.8, 4) is 0 Å². The van der Waals surface area contributed by atoms with Crippen LogP contribution in [0, 0.1) is 28.6 Å². The Hall–Kier alpha value is -2.14. The highest BCUT2D eigenvalue weighted by Gasteiger charge is 2.92. The maximum absolute atomic E-state index is 14.9. The maximum Gasteiger partial charge on any atom is 0.342 e. The molecule has 12 atom stereocenters. The number of allylic oxidation sites excluding steroid dienone is 1. The van der Waals surface area contributed by atoms with E-state index in [0.717, 1.165) is 0 Å². The fourth-order valence-corrected chi connectivity index (χ4v) is 10.5. The molecule has 204 valence electrons. The predicted molar refractivity (Wildman–Crippen MR) is 124 cm³/mol. The summed E-state index contributed by atoms with van der Waals surface area (Å²) >= 11 is 0. The molecule has 5 aliphatic heterocycles. The Balaban J connectivity index is 1.40. The highest BCUT2D eigenvalue weighted by molar-refractivity contribution is 6.00. The predicted octanol–water partition coefficient (Wildman–Crippen LogP) is 1.16. The average molecular weight is 529 g/mol. The number of fused-ring (bicyclic) bond motifs is 8. The van der Waals surface area contributed by atoms with Crippen LogP contribution in [0.4, 0.5) is 0 Å². The van der Waals surface area contributed by atoms with Gasteiger partial charge in [0, 0.05) is 13.0 Å². The summed E-state index contributed by atoms with van der Waals surface area (Å²) in [6.07, 6.45) is 3.69. The number of carbonyl (C=O) groups is 4. The number of aliphatic hydroxyl groups is 1. The number of rotatable bonds is 1. The van der Waals surface area contributed by atoms with Crippen LogP contribution in [0.2, 0.25) is 0 Å². The van der Waals surface area contributed by atoms with Gasteiger partial charge in [0.05, 0.1) is 23.9 Å². The van der Waals surface area contributed by atoms with E-state index in [-0.39, 0.29) is 37.6 Å². The molecule has 4 bridgehead atoms. The fraction of sp³-hybridized carbons (Fsp3) is 0.786. The minimum absolute atomic E-state index is 0.0604. The van der Waals surface area contributed by atoms with E-state index in [1.807, 2.05) is 19.9 Å². The minimum atomic E-state index is -2.21. The summed E-state index contributed by atoms with van der Waals surface area (Å²) in [6, 6.07) is 0. The minimum Gasteiger partial charge on any atom is -0.458 e. The molecule has 0 aromatic carbocycles. The lowest BCUT2D eigenvalue weighted by molar-refractivity contribution is -0.350. The Labute approximate surface area is 219 Å². The van der Waals surface area contributed by atoms with Crippen LogP contribution < -0.4 is 0 Å². The monoisotopic (exact) mass is 528 g/mol. The Morgan fingerprint density at radius 1 is 1.08 bits per heavy atom. The molecule has 8 aliphatic rings. The Bertz CT molecular complexity index is 1290. The number of ketones is 2. The van der Waals surface area contributed by atoms with E-state index in [1.54, 1.807) is 13.0 Å². The van der Waals surface area contributed by atoms with Crippen LogP contribution in [-0.4, -0.2) is 76.1 Å².